The van der Waals surface area contributed by atoms with Gasteiger partial charge in [0.2, 0.25) is 0 Å². The molecule has 0 aliphatic carbocycles. The quantitative estimate of drug-likeness (QED) is 0.632. The van der Waals surface area contributed by atoms with Gasteiger partial charge in [-0.1, -0.05) is 12.2 Å². The zero-order valence-electron chi connectivity index (χ0n) is 4.39. The Morgan fingerprint density at radius 1 is 1.78 bits per heavy atom. The van der Waals surface area contributed by atoms with Crippen LogP contribution >= 0.6 is 28.1 Å². The van der Waals surface area contributed by atoms with E-state index in [1.165, 1.54) is 0 Å². The number of nitrogens with zero attached hydrogens (tertiary/aromatic N) is 1. The minimum absolute atomic E-state index is 0.336. The van der Waals surface area contributed by atoms with Gasteiger partial charge in [0.05, 0.1) is 4.47 Å². The molecule has 0 saturated heterocycles. The number of anilines is 1. The second-order valence-corrected chi connectivity index (χ2v) is 2.71. The molecule has 0 aliphatic rings. The summed E-state index contributed by atoms with van der Waals surface area (Å²) in [6.07, 6.45) is 1.56. The van der Waals surface area contributed by atoms with E-state index >= 15 is 0 Å². The summed E-state index contributed by atoms with van der Waals surface area (Å²) in [5.74, 6) is 0.336. The maximum Gasteiger partial charge on any atom is 0.198 e. The number of H-pyrrole nitrogens is 1. The van der Waals surface area contributed by atoms with E-state index in [1.807, 2.05) is 0 Å². The Balaban J connectivity index is 3.34. The molecule has 0 aliphatic heterocycles. The van der Waals surface area contributed by atoms with Gasteiger partial charge < -0.3 is 10.7 Å². The van der Waals surface area contributed by atoms with Crippen LogP contribution in [0.15, 0.2) is 10.7 Å². The molecule has 1 heterocycles. The zero-order chi connectivity index (χ0) is 6.85. The highest BCUT2D eigenvalue weighted by Crippen LogP contribution is 2.07. The first-order valence-corrected chi connectivity index (χ1v) is 3.40. The largest absolute Gasteiger partial charge is 0.369 e. The Kier molecular flexibility index (Phi) is 1.82. The Bertz CT molecular complexity index is 269. The van der Waals surface area contributed by atoms with Gasteiger partial charge in [0, 0.05) is 6.20 Å². The van der Waals surface area contributed by atoms with Crippen LogP contribution < -0.4 is 5.73 Å². The van der Waals surface area contributed by atoms with Crippen LogP contribution in [0.2, 0.25) is 0 Å². The van der Waals surface area contributed by atoms with Crippen molar-refractivity contribution in [1.29, 1.82) is 0 Å². The lowest BCUT2D eigenvalue weighted by molar-refractivity contribution is 1.15. The lowest BCUT2D eigenvalue weighted by Crippen LogP contribution is -1.93. The predicted molar refractivity (Wildman–Crippen MR) is 41.5 cm³/mol. The second-order valence-electron chi connectivity index (χ2n) is 1.45. The highest BCUT2D eigenvalue weighted by atomic mass is 79.9. The van der Waals surface area contributed by atoms with Gasteiger partial charge in [-0.05, 0) is 15.9 Å². The van der Waals surface area contributed by atoms with Gasteiger partial charge in [-0.15, -0.1) is 0 Å². The van der Waals surface area contributed by atoms with E-state index in [1.54, 1.807) is 6.20 Å². The molecule has 0 bridgehead atoms. The Morgan fingerprint density at radius 2 is 2.44 bits per heavy atom. The highest BCUT2D eigenvalue weighted by molar-refractivity contribution is 9.10. The first kappa shape index (κ1) is 6.70. The third-order valence-corrected chi connectivity index (χ3v) is 1.96. The summed E-state index contributed by atoms with van der Waals surface area (Å²) in [7, 11) is 0. The predicted octanol–water partition coefficient (Wildman–Crippen LogP) is 1.48. The number of hydrogen-bond donors (Lipinski definition) is 2. The van der Waals surface area contributed by atoms with Crippen LogP contribution in [0, 0.1) is 4.64 Å². The van der Waals surface area contributed by atoms with Gasteiger partial charge >= 0.3 is 0 Å². The number of nitrogens with two attached hydrogens (primary N) is 1. The van der Waals surface area contributed by atoms with Crippen molar-refractivity contribution in [3.63, 3.8) is 0 Å². The molecule has 1 aromatic heterocycles. The van der Waals surface area contributed by atoms with Crippen LogP contribution in [0.3, 0.4) is 0 Å². The number of aromatic nitrogens is 2. The molecule has 0 saturated carbocycles. The summed E-state index contributed by atoms with van der Waals surface area (Å²) >= 11 is 7.99. The summed E-state index contributed by atoms with van der Waals surface area (Å²) in [5.41, 5.74) is 5.27. The van der Waals surface area contributed by atoms with Crippen molar-refractivity contribution in [3.8, 4) is 0 Å². The Morgan fingerprint density at radius 3 is 2.89 bits per heavy atom. The molecule has 3 nitrogen and oxygen atoms in total. The van der Waals surface area contributed by atoms with Crippen molar-refractivity contribution in [2.75, 3.05) is 5.73 Å². The standard InChI is InChI=1S/C4H4BrN3S/c5-2-1-7-4(6)8-3(2)9/h1H,(H3,6,7,8,9). The second kappa shape index (κ2) is 2.45. The van der Waals surface area contributed by atoms with Gasteiger partial charge in [-0.2, -0.15) is 0 Å². The summed E-state index contributed by atoms with van der Waals surface area (Å²) in [4.78, 5) is 6.42. The summed E-state index contributed by atoms with van der Waals surface area (Å²) in [6.45, 7) is 0. The lowest BCUT2D eigenvalue weighted by atomic mass is 10.7. The first-order valence-electron chi connectivity index (χ1n) is 2.20. The molecule has 0 radical (unpaired) electrons. The number of nitrogen functional groups attached to an aromatic ring is 1. The van der Waals surface area contributed by atoms with E-state index < -0.39 is 0 Å². The molecule has 1 rings (SSSR count). The highest BCUT2D eigenvalue weighted by Gasteiger charge is 1.89. The molecule has 0 unspecified atom stereocenters. The Hall–Kier alpha value is -0.420. The van der Waals surface area contributed by atoms with E-state index in [4.69, 9.17) is 18.0 Å². The maximum atomic E-state index is 5.27. The monoisotopic (exact) mass is 205 g/mol. The molecule has 0 atom stereocenters. The lowest BCUT2D eigenvalue weighted by Gasteiger charge is -1.91. The van der Waals surface area contributed by atoms with Crippen LogP contribution in [-0.2, 0) is 0 Å². The van der Waals surface area contributed by atoms with Crippen molar-refractivity contribution >= 4 is 34.1 Å². The van der Waals surface area contributed by atoms with Crippen molar-refractivity contribution in [2.45, 2.75) is 0 Å². The van der Waals surface area contributed by atoms with E-state index in [2.05, 4.69) is 25.9 Å². The zero-order valence-corrected chi connectivity index (χ0v) is 6.79. The molecule has 5 heteroatoms. The van der Waals surface area contributed by atoms with E-state index in [-0.39, 0.29) is 0 Å². The van der Waals surface area contributed by atoms with Crippen LogP contribution in [0.4, 0.5) is 5.95 Å². The van der Waals surface area contributed by atoms with Crippen LogP contribution in [0.1, 0.15) is 0 Å². The third kappa shape index (κ3) is 1.49. The third-order valence-electron chi connectivity index (χ3n) is 0.775. The summed E-state index contributed by atoms with van der Waals surface area (Å²) in [5, 5.41) is 0. The average Bonchev–Trinajstić information content (AvgIpc) is 1.80. The molecule has 0 fully saturated rings. The normalized spacial score (nSPS) is 9.44. The van der Waals surface area contributed by atoms with Crippen molar-refractivity contribution in [2.24, 2.45) is 0 Å². The van der Waals surface area contributed by atoms with Gasteiger partial charge in [-0.3, -0.25) is 0 Å². The fourth-order valence-electron chi connectivity index (χ4n) is 0.393. The number of nitrogens with one attached hydrogen (secondary N) is 1. The minimum Gasteiger partial charge on any atom is -0.369 e. The maximum absolute atomic E-state index is 5.27. The molecule has 3 N–H and O–H groups in total. The van der Waals surface area contributed by atoms with Crippen molar-refractivity contribution < 1.29 is 0 Å². The van der Waals surface area contributed by atoms with Gasteiger partial charge in [0.15, 0.2) is 5.95 Å². The summed E-state index contributed by atoms with van der Waals surface area (Å²) < 4.78 is 1.33. The van der Waals surface area contributed by atoms with Crippen molar-refractivity contribution in [3.05, 3.63) is 15.3 Å². The molecule has 1 aromatic rings. The van der Waals surface area contributed by atoms with Gasteiger partial charge in [0.25, 0.3) is 0 Å². The number of rotatable bonds is 0. The van der Waals surface area contributed by atoms with E-state index in [0.717, 1.165) is 4.47 Å². The smallest absolute Gasteiger partial charge is 0.198 e. The number of aromatic amines is 1. The first-order chi connectivity index (χ1) is 4.20. The van der Waals surface area contributed by atoms with Gasteiger partial charge in [0.1, 0.15) is 4.64 Å². The van der Waals surface area contributed by atoms with Crippen LogP contribution in [0.5, 0.6) is 0 Å². The number of hydrogen-bond acceptors (Lipinski definition) is 3. The molecule has 0 aromatic carbocycles. The fraction of sp³-hybridized carbons (Fsp3) is 0. The van der Waals surface area contributed by atoms with Crippen LogP contribution in [0.25, 0.3) is 0 Å². The molecule has 0 spiro atoms. The fourth-order valence-corrected chi connectivity index (χ4v) is 0.752. The average molecular weight is 206 g/mol. The number of halogens is 1. The molecular formula is C4H4BrN3S. The topological polar surface area (TPSA) is 54.7 Å². The van der Waals surface area contributed by atoms with Crippen molar-refractivity contribution in [1.82, 2.24) is 9.97 Å². The molecule has 48 valence electrons. The molecule has 9 heavy (non-hydrogen) atoms. The minimum atomic E-state index is 0.336. The molecular weight excluding hydrogens is 202 g/mol. The van der Waals surface area contributed by atoms with E-state index in [0.29, 0.717) is 10.6 Å². The van der Waals surface area contributed by atoms with Crippen LogP contribution in [-0.4, -0.2) is 9.97 Å². The Labute approximate surface area is 65.4 Å². The van der Waals surface area contributed by atoms with E-state index in [9.17, 15) is 0 Å². The summed E-state index contributed by atoms with van der Waals surface area (Å²) in [6, 6.07) is 0. The SMILES string of the molecule is Nc1ncc(Br)c(=S)[nH]1. The molecule has 0 amide bonds. The van der Waals surface area contributed by atoms with Gasteiger partial charge in [-0.25, -0.2) is 4.98 Å².